The zero-order chi connectivity index (χ0) is 10.9. The van der Waals surface area contributed by atoms with Gasteiger partial charge >= 0.3 is 0 Å². The van der Waals surface area contributed by atoms with Crippen LogP contribution in [0.4, 0.5) is 4.39 Å². The van der Waals surface area contributed by atoms with Gasteiger partial charge in [0, 0.05) is 0 Å². The van der Waals surface area contributed by atoms with Crippen LogP contribution in [0.25, 0.3) is 0 Å². The van der Waals surface area contributed by atoms with Gasteiger partial charge in [-0.2, -0.15) is 5.26 Å². The zero-order valence-corrected chi connectivity index (χ0v) is 8.43. The van der Waals surface area contributed by atoms with E-state index >= 15 is 0 Å². The Labute approximate surface area is 82.6 Å². The fourth-order valence-corrected chi connectivity index (χ4v) is 1.39. The van der Waals surface area contributed by atoms with Crippen LogP contribution in [0.5, 0.6) is 5.75 Å². The van der Waals surface area contributed by atoms with Crippen LogP contribution in [0.1, 0.15) is 25.0 Å². The number of hydrogen-bond acceptors (Lipinski definition) is 2. The molecule has 1 aromatic carbocycles. The number of rotatable bonds is 1. The van der Waals surface area contributed by atoms with Crippen molar-refractivity contribution in [3.05, 3.63) is 29.1 Å². The van der Waals surface area contributed by atoms with Gasteiger partial charge in [-0.15, -0.1) is 0 Å². The lowest BCUT2D eigenvalue weighted by atomic mass is 9.83. The van der Waals surface area contributed by atoms with E-state index in [2.05, 4.69) is 6.07 Å². The van der Waals surface area contributed by atoms with E-state index in [0.29, 0.717) is 11.1 Å². The number of aryl methyl sites for hydroxylation is 1. The van der Waals surface area contributed by atoms with Crippen LogP contribution in [0.2, 0.25) is 0 Å². The highest BCUT2D eigenvalue weighted by Gasteiger charge is 2.23. The van der Waals surface area contributed by atoms with Crippen molar-refractivity contribution in [2.24, 2.45) is 0 Å². The minimum atomic E-state index is -0.713. The van der Waals surface area contributed by atoms with E-state index in [1.54, 1.807) is 20.8 Å². The third kappa shape index (κ3) is 1.69. The predicted octanol–water partition coefficient (Wildman–Crippen LogP) is 2.64. The Hall–Kier alpha value is -1.56. The van der Waals surface area contributed by atoms with Crippen molar-refractivity contribution in [1.29, 1.82) is 5.26 Å². The van der Waals surface area contributed by atoms with Crippen molar-refractivity contribution in [2.75, 3.05) is 0 Å². The summed E-state index contributed by atoms with van der Waals surface area (Å²) in [7, 11) is 0. The lowest BCUT2D eigenvalue weighted by Gasteiger charge is -2.18. The molecule has 1 aromatic rings. The van der Waals surface area contributed by atoms with Crippen molar-refractivity contribution < 1.29 is 9.50 Å². The molecular weight excluding hydrogens is 181 g/mol. The first-order valence-corrected chi connectivity index (χ1v) is 4.29. The Kier molecular flexibility index (Phi) is 2.48. The molecule has 3 heteroatoms. The van der Waals surface area contributed by atoms with Crippen LogP contribution >= 0.6 is 0 Å². The van der Waals surface area contributed by atoms with Gasteiger partial charge < -0.3 is 5.11 Å². The smallest absolute Gasteiger partial charge is 0.165 e. The summed E-state index contributed by atoms with van der Waals surface area (Å²) in [5.74, 6) is -1.06. The summed E-state index contributed by atoms with van der Waals surface area (Å²) < 4.78 is 12.9. The van der Waals surface area contributed by atoms with Gasteiger partial charge in [-0.05, 0) is 44.0 Å². The minimum absolute atomic E-state index is 0.408. The average molecular weight is 193 g/mol. The summed E-state index contributed by atoms with van der Waals surface area (Å²) in [4.78, 5) is 0. The molecule has 0 spiro atoms. The maximum absolute atomic E-state index is 12.9. The minimum Gasteiger partial charge on any atom is -0.505 e. The van der Waals surface area contributed by atoms with E-state index in [9.17, 15) is 9.50 Å². The third-order valence-electron chi connectivity index (χ3n) is 2.25. The maximum atomic E-state index is 12.9. The number of benzene rings is 1. The number of phenols is 1. The number of aromatic hydroxyl groups is 1. The van der Waals surface area contributed by atoms with Gasteiger partial charge in [-0.3, -0.25) is 0 Å². The monoisotopic (exact) mass is 193 g/mol. The SMILES string of the molecule is Cc1cc(F)c(O)cc1C(C)(C)C#N. The normalized spacial score (nSPS) is 11.1. The Morgan fingerprint density at radius 2 is 2.00 bits per heavy atom. The molecule has 0 fully saturated rings. The molecule has 1 rings (SSSR count). The van der Waals surface area contributed by atoms with Crippen LogP contribution in [0.3, 0.4) is 0 Å². The van der Waals surface area contributed by atoms with E-state index in [1.807, 2.05) is 0 Å². The highest BCUT2D eigenvalue weighted by molar-refractivity contribution is 5.42. The first-order chi connectivity index (χ1) is 6.38. The number of phenolic OH excluding ortho intramolecular Hbond substituents is 1. The van der Waals surface area contributed by atoms with Gasteiger partial charge in [0.15, 0.2) is 11.6 Å². The molecule has 0 bridgehead atoms. The first-order valence-electron chi connectivity index (χ1n) is 4.29. The molecule has 2 nitrogen and oxygen atoms in total. The Morgan fingerprint density at radius 3 is 2.50 bits per heavy atom. The van der Waals surface area contributed by atoms with Crippen molar-refractivity contribution in [2.45, 2.75) is 26.2 Å². The van der Waals surface area contributed by atoms with Crippen molar-refractivity contribution in [1.82, 2.24) is 0 Å². The van der Waals surface area contributed by atoms with E-state index in [-0.39, 0.29) is 0 Å². The summed E-state index contributed by atoms with van der Waals surface area (Å²) >= 11 is 0. The molecule has 0 amide bonds. The van der Waals surface area contributed by atoms with Gasteiger partial charge in [0.25, 0.3) is 0 Å². The second kappa shape index (κ2) is 3.30. The van der Waals surface area contributed by atoms with Gasteiger partial charge in [-0.25, -0.2) is 4.39 Å². The van der Waals surface area contributed by atoms with Crippen LogP contribution in [-0.2, 0) is 5.41 Å². The molecule has 74 valence electrons. The maximum Gasteiger partial charge on any atom is 0.165 e. The number of halogens is 1. The van der Waals surface area contributed by atoms with Crippen LogP contribution < -0.4 is 0 Å². The molecule has 0 saturated heterocycles. The van der Waals surface area contributed by atoms with Gasteiger partial charge in [0.05, 0.1) is 11.5 Å². The molecule has 0 aliphatic heterocycles. The van der Waals surface area contributed by atoms with Crippen LogP contribution in [-0.4, -0.2) is 5.11 Å². The second-order valence-corrected chi connectivity index (χ2v) is 3.86. The standard InChI is InChI=1S/C11H12FNO/c1-7-4-9(12)10(14)5-8(7)11(2,3)6-13/h4-5,14H,1-3H3. The Morgan fingerprint density at radius 1 is 1.43 bits per heavy atom. The van der Waals surface area contributed by atoms with Gasteiger partial charge in [0.1, 0.15) is 0 Å². The van der Waals surface area contributed by atoms with Crippen LogP contribution in [0.15, 0.2) is 12.1 Å². The van der Waals surface area contributed by atoms with Gasteiger partial charge in [0.2, 0.25) is 0 Å². The lowest BCUT2D eigenvalue weighted by molar-refractivity contribution is 0.429. The van der Waals surface area contributed by atoms with Crippen LogP contribution in [0, 0.1) is 24.1 Å². The largest absolute Gasteiger partial charge is 0.505 e. The molecule has 0 heterocycles. The molecule has 0 aliphatic carbocycles. The molecule has 1 N–H and O–H groups in total. The number of nitrogens with zero attached hydrogens (tertiary/aromatic N) is 1. The average Bonchev–Trinajstić information content (AvgIpc) is 2.11. The molecule has 0 atom stereocenters. The number of hydrogen-bond donors (Lipinski definition) is 1. The molecule has 0 aliphatic rings. The van der Waals surface area contributed by atoms with E-state index in [1.165, 1.54) is 12.1 Å². The van der Waals surface area contributed by atoms with Crippen molar-refractivity contribution in [3.8, 4) is 11.8 Å². The molecule has 14 heavy (non-hydrogen) atoms. The Balaban J connectivity index is 3.38. The quantitative estimate of drug-likeness (QED) is 0.745. The summed E-state index contributed by atoms with van der Waals surface area (Å²) in [6.45, 7) is 5.18. The summed E-state index contributed by atoms with van der Waals surface area (Å²) in [5.41, 5.74) is 0.612. The lowest BCUT2D eigenvalue weighted by Crippen LogP contribution is -2.15. The fraction of sp³-hybridized carbons (Fsp3) is 0.364. The fourth-order valence-electron chi connectivity index (χ4n) is 1.39. The summed E-state index contributed by atoms with van der Waals surface area (Å²) in [6, 6.07) is 4.66. The zero-order valence-electron chi connectivity index (χ0n) is 8.43. The molecule has 0 saturated carbocycles. The highest BCUT2D eigenvalue weighted by atomic mass is 19.1. The summed E-state index contributed by atoms with van der Waals surface area (Å²) in [6.07, 6.45) is 0. The van der Waals surface area contributed by atoms with E-state index in [0.717, 1.165) is 0 Å². The van der Waals surface area contributed by atoms with Crippen molar-refractivity contribution in [3.63, 3.8) is 0 Å². The topological polar surface area (TPSA) is 44.0 Å². The number of nitriles is 1. The van der Waals surface area contributed by atoms with E-state index in [4.69, 9.17) is 5.26 Å². The summed E-state index contributed by atoms with van der Waals surface area (Å²) in [5, 5.41) is 18.1. The molecule has 0 aromatic heterocycles. The second-order valence-electron chi connectivity index (χ2n) is 3.86. The Bertz CT molecular complexity index is 404. The third-order valence-corrected chi connectivity index (χ3v) is 2.25. The molecule has 0 unspecified atom stereocenters. The van der Waals surface area contributed by atoms with Crippen molar-refractivity contribution >= 4 is 0 Å². The molecular formula is C11H12FNO. The predicted molar refractivity (Wildman–Crippen MR) is 51.4 cm³/mol. The van der Waals surface area contributed by atoms with Gasteiger partial charge in [-0.1, -0.05) is 0 Å². The highest BCUT2D eigenvalue weighted by Crippen LogP contribution is 2.30. The molecule has 0 radical (unpaired) electrons. The van der Waals surface area contributed by atoms with E-state index < -0.39 is 17.0 Å². The first kappa shape index (κ1) is 10.5.